The first kappa shape index (κ1) is 25.3. The average Bonchev–Trinajstić information content (AvgIpc) is 3.13. The van der Waals surface area contributed by atoms with E-state index in [1.54, 1.807) is 6.92 Å². The third-order valence-corrected chi connectivity index (χ3v) is 6.21. The molecular formula is C18H30N5O7P. The van der Waals surface area contributed by atoms with Gasteiger partial charge in [-0.1, -0.05) is 31.8 Å². The van der Waals surface area contributed by atoms with Gasteiger partial charge in [-0.25, -0.2) is 9.36 Å². The van der Waals surface area contributed by atoms with Crippen LogP contribution in [0.3, 0.4) is 0 Å². The van der Waals surface area contributed by atoms with Crippen LogP contribution in [0.15, 0.2) is 20.9 Å². The molecule has 1 saturated heterocycles. The van der Waals surface area contributed by atoms with E-state index >= 15 is 0 Å². The summed E-state index contributed by atoms with van der Waals surface area (Å²) in [4.78, 5) is 28.8. The topological polar surface area (TPSA) is 158 Å². The molecule has 0 unspecified atom stereocenters. The summed E-state index contributed by atoms with van der Waals surface area (Å²) in [6.07, 6.45) is 3.11. The molecule has 12 nitrogen and oxygen atoms in total. The Hall–Kier alpha value is -1.94. The number of aromatic amines is 1. The maximum Gasteiger partial charge on any atom is 0.474 e. The normalized spacial score (nSPS) is 21.2. The first-order valence-corrected chi connectivity index (χ1v) is 11.8. The molecule has 1 aliphatic heterocycles. The van der Waals surface area contributed by atoms with Crippen molar-refractivity contribution in [3.63, 3.8) is 0 Å². The molecule has 1 aromatic rings. The maximum atomic E-state index is 13.0. The van der Waals surface area contributed by atoms with Crippen LogP contribution in [0.2, 0.25) is 0 Å². The van der Waals surface area contributed by atoms with E-state index < -0.39 is 37.4 Å². The van der Waals surface area contributed by atoms with Crippen LogP contribution in [0.5, 0.6) is 0 Å². The molecule has 3 atom stereocenters. The largest absolute Gasteiger partial charge is 0.474 e. The summed E-state index contributed by atoms with van der Waals surface area (Å²) < 4.78 is 36.3. The molecule has 0 aliphatic carbocycles. The maximum absolute atomic E-state index is 13.0. The summed E-state index contributed by atoms with van der Waals surface area (Å²) in [6.45, 7) is 5.74. The number of nitrogens with one attached hydrogen (secondary N) is 1. The number of nitrogens with zero attached hydrogens (tertiary/aromatic N) is 4. The van der Waals surface area contributed by atoms with Gasteiger partial charge in [0.1, 0.15) is 6.23 Å². The van der Waals surface area contributed by atoms with Crippen LogP contribution in [-0.4, -0.2) is 41.5 Å². The van der Waals surface area contributed by atoms with Crippen LogP contribution in [0.25, 0.3) is 10.4 Å². The molecule has 31 heavy (non-hydrogen) atoms. The lowest BCUT2D eigenvalue weighted by molar-refractivity contribution is -0.0304. The molecule has 1 fully saturated rings. The number of hydrogen-bond donors (Lipinski definition) is 1. The van der Waals surface area contributed by atoms with Crippen LogP contribution >= 0.6 is 7.82 Å². The van der Waals surface area contributed by atoms with Crippen molar-refractivity contribution in [2.45, 2.75) is 71.2 Å². The van der Waals surface area contributed by atoms with Gasteiger partial charge in [0.25, 0.3) is 5.56 Å². The number of aryl methyl sites for hydroxylation is 1. The zero-order chi connectivity index (χ0) is 22.9. The van der Waals surface area contributed by atoms with E-state index in [1.807, 2.05) is 13.8 Å². The number of rotatable bonds is 13. The number of azide groups is 1. The fraction of sp³-hybridized carbons (Fsp3) is 0.778. The number of phosphoric ester groups is 1. The van der Waals surface area contributed by atoms with E-state index in [4.69, 9.17) is 23.8 Å². The lowest BCUT2D eigenvalue weighted by Gasteiger charge is -2.21. The molecular weight excluding hydrogens is 429 g/mol. The van der Waals surface area contributed by atoms with Crippen LogP contribution in [0.1, 0.15) is 57.7 Å². The van der Waals surface area contributed by atoms with Gasteiger partial charge in [-0.15, -0.1) is 0 Å². The number of hydrogen-bond acceptors (Lipinski definition) is 8. The minimum absolute atomic E-state index is 0.182. The quantitative estimate of drug-likeness (QED) is 0.155. The SMILES string of the molecule is CCCCOP(=O)(OCCCC)OC[C@H]1O[C@@H](n2cc(C)c(=O)[nH]c2=O)C[C@@H]1N=[N+]=[N-]. The molecule has 1 N–H and O–H groups in total. The monoisotopic (exact) mass is 459 g/mol. The number of aromatic nitrogens is 2. The number of H-pyrrole nitrogens is 1. The predicted octanol–water partition coefficient (Wildman–Crippen LogP) is 3.57. The highest BCUT2D eigenvalue weighted by molar-refractivity contribution is 7.48. The molecule has 1 aromatic heterocycles. The minimum atomic E-state index is -3.82. The lowest BCUT2D eigenvalue weighted by Crippen LogP contribution is -2.33. The van der Waals surface area contributed by atoms with Crippen LogP contribution in [0, 0.1) is 6.92 Å². The van der Waals surface area contributed by atoms with E-state index in [2.05, 4.69) is 15.0 Å². The Labute approximate surface area is 180 Å². The Kier molecular flexibility index (Phi) is 9.95. The van der Waals surface area contributed by atoms with Crippen molar-refractivity contribution in [3.05, 3.63) is 43.0 Å². The zero-order valence-electron chi connectivity index (χ0n) is 18.1. The van der Waals surface area contributed by atoms with Crippen LogP contribution in [-0.2, 0) is 22.9 Å². The molecule has 0 spiro atoms. The standard InChI is InChI=1S/C18H30N5O7P/c1-4-6-8-27-31(26,28-9-7-5-2)29-12-15-14(21-22-19)10-16(30-15)23-11-13(3)17(24)20-18(23)25/h11,14-16H,4-10,12H2,1-3H3,(H,20,24,25)/t14-,15+,16+/m0/s1. The van der Waals surface area contributed by atoms with Crippen molar-refractivity contribution in [2.24, 2.45) is 5.11 Å². The van der Waals surface area contributed by atoms with E-state index in [0.29, 0.717) is 18.4 Å². The van der Waals surface area contributed by atoms with Crippen molar-refractivity contribution >= 4 is 7.82 Å². The van der Waals surface area contributed by atoms with E-state index in [1.165, 1.54) is 10.8 Å². The Bertz CT molecular complexity index is 913. The van der Waals surface area contributed by atoms with Gasteiger partial charge < -0.3 is 4.74 Å². The minimum Gasteiger partial charge on any atom is -0.352 e. The second-order valence-corrected chi connectivity index (χ2v) is 8.90. The zero-order valence-corrected chi connectivity index (χ0v) is 19.0. The Morgan fingerprint density at radius 2 is 1.90 bits per heavy atom. The van der Waals surface area contributed by atoms with E-state index in [9.17, 15) is 14.2 Å². The summed E-state index contributed by atoms with van der Waals surface area (Å²) in [6, 6.07) is -0.672. The highest BCUT2D eigenvalue weighted by Gasteiger charge is 2.39. The third kappa shape index (κ3) is 7.31. The molecule has 0 saturated carbocycles. The van der Waals surface area contributed by atoms with Crippen molar-refractivity contribution in [1.82, 2.24) is 9.55 Å². The highest BCUT2D eigenvalue weighted by atomic mass is 31.2. The van der Waals surface area contributed by atoms with Crippen LogP contribution < -0.4 is 11.2 Å². The van der Waals surface area contributed by atoms with Crippen molar-refractivity contribution in [3.8, 4) is 0 Å². The van der Waals surface area contributed by atoms with Gasteiger partial charge in [-0.05, 0) is 25.3 Å². The van der Waals surface area contributed by atoms with E-state index in [-0.39, 0.29) is 26.2 Å². The fourth-order valence-electron chi connectivity index (χ4n) is 2.94. The number of phosphoric acid groups is 1. The molecule has 2 heterocycles. The third-order valence-electron chi connectivity index (χ3n) is 4.75. The van der Waals surface area contributed by atoms with Crippen molar-refractivity contribution < 1.29 is 22.9 Å². The molecule has 174 valence electrons. The molecule has 0 bridgehead atoms. The Morgan fingerprint density at radius 3 is 2.48 bits per heavy atom. The van der Waals surface area contributed by atoms with Crippen LogP contribution in [0.4, 0.5) is 0 Å². The molecule has 0 radical (unpaired) electrons. The lowest BCUT2D eigenvalue weighted by atomic mass is 10.1. The highest BCUT2D eigenvalue weighted by Crippen LogP contribution is 2.50. The van der Waals surface area contributed by atoms with Crippen molar-refractivity contribution in [1.29, 1.82) is 0 Å². The number of ether oxygens (including phenoxy) is 1. The fourth-order valence-corrected chi connectivity index (χ4v) is 4.20. The smallest absolute Gasteiger partial charge is 0.352 e. The summed E-state index contributed by atoms with van der Waals surface area (Å²) in [5.74, 6) is 0. The van der Waals surface area contributed by atoms with Gasteiger partial charge >= 0.3 is 13.5 Å². The van der Waals surface area contributed by atoms with Gasteiger partial charge in [0.15, 0.2) is 0 Å². The Morgan fingerprint density at radius 1 is 1.26 bits per heavy atom. The average molecular weight is 459 g/mol. The van der Waals surface area contributed by atoms with E-state index in [0.717, 1.165) is 12.8 Å². The van der Waals surface area contributed by atoms with Gasteiger partial charge in [0, 0.05) is 23.1 Å². The summed E-state index contributed by atoms with van der Waals surface area (Å²) in [7, 11) is -3.82. The van der Waals surface area contributed by atoms with Gasteiger partial charge in [-0.3, -0.25) is 27.9 Å². The second-order valence-electron chi connectivity index (χ2n) is 7.23. The van der Waals surface area contributed by atoms with Gasteiger partial charge in [0.2, 0.25) is 0 Å². The first-order valence-electron chi connectivity index (χ1n) is 10.4. The summed E-state index contributed by atoms with van der Waals surface area (Å²) >= 11 is 0. The second kappa shape index (κ2) is 12.2. The van der Waals surface area contributed by atoms with Gasteiger partial charge in [-0.2, -0.15) is 0 Å². The molecule has 0 amide bonds. The molecule has 1 aliphatic rings. The molecule has 13 heteroatoms. The number of unbranched alkanes of at least 4 members (excludes halogenated alkanes) is 2. The predicted molar refractivity (Wildman–Crippen MR) is 113 cm³/mol. The molecule has 2 rings (SSSR count). The summed E-state index contributed by atoms with van der Waals surface area (Å²) in [5.41, 5.74) is 8.10. The molecule has 0 aromatic carbocycles. The first-order chi connectivity index (χ1) is 14.8. The van der Waals surface area contributed by atoms with Gasteiger partial charge in [0.05, 0.1) is 32.0 Å². The Balaban J connectivity index is 2.12. The summed E-state index contributed by atoms with van der Waals surface area (Å²) in [5, 5.41) is 3.72. The van der Waals surface area contributed by atoms with Crippen molar-refractivity contribution in [2.75, 3.05) is 19.8 Å².